The summed E-state index contributed by atoms with van der Waals surface area (Å²) in [5.41, 5.74) is -0.162. The third-order valence-corrected chi connectivity index (χ3v) is 1.25. The highest BCUT2D eigenvalue weighted by Crippen LogP contribution is 2.21. The molecule has 0 amide bonds. The fourth-order valence-corrected chi connectivity index (χ4v) is 0.702. The predicted molar refractivity (Wildman–Crippen MR) is 39.4 cm³/mol. The summed E-state index contributed by atoms with van der Waals surface area (Å²) in [7, 11) is 1.30. The SMILES string of the molecule is COc1nc(C(=O)O)ccc1O. The van der Waals surface area contributed by atoms with Crippen LogP contribution in [-0.2, 0) is 0 Å². The van der Waals surface area contributed by atoms with Crippen molar-refractivity contribution < 1.29 is 19.7 Å². The molecule has 0 aliphatic heterocycles. The first-order valence-electron chi connectivity index (χ1n) is 3.12. The number of ether oxygens (including phenoxy) is 1. The van der Waals surface area contributed by atoms with Crippen LogP contribution in [0.15, 0.2) is 12.1 Å². The van der Waals surface area contributed by atoms with Crippen LogP contribution in [-0.4, -0.2) is 28.3 Å². The molecule has 0 saturated heterocycles. The zero-order valence-corrected chi connectivity index (χ0v) is 6.31. The van der Waals surface area contributed by atoms with Crippen molar-refractivity contribution in [1.29, 1.82) is 0 Å². The molecule has 0 atom stereocenters. The third kappa shape index (κ3) is 1.45. The summed E-state index contributed by atoms with van der Waals surface area (Å²) < 4.78 is 4.61. The molecule has 0 saturated carbocycles. The van der Waals surface area contributed by atoms with Crippen LogP contribution in [0.3, 0.4) is 0 Å². The standard InChI is InChI=1S/C7H7NO4/c1-12-6-5(9)3-2-4(8-6)7(10)11/h2-3,9H,1H3,(H,10,11). The van der Waals surface area contributed by atoms with E-state index >= 15 is 0 Å². The lowest BCUT2D eigenvalue weighted by atomic mass is 10.3. The van der Waals surface area contributed by atoms with E-state index in [4.69, 9.17) is 10.2 Å². The lowest BCUT2D eigenvalue weighted by Gasteiger charge is -2.01. The average molecular weight is 169 g/mol. The van der Waals surface area contributed by atoms with Crippen molar-refractivity contribution in [3.8, 4) is 11.6 Å². The molecule has 64 valence electrons. The number of aromatic hydroxyl groups is 1. The van der Waals surface area contributed by atoms with E-state index in [2.05, 4.69) is 9.72 Å². The van der Waals surface area contributed by atoms with Crippen LogP contribution < -0.4 is 4.74 Å². The Hall–Kier alpha value is -1.78. The first-order chi connectivity index (χ1) is 5.65. The van der Waals surface area contributed by atoms with E-state index in [0.29, 0.717) is 0 Å². The number of hydrogen-bond donors (Lipinski definition) is 2. The summed E-state index contributed by atoms with van der Waals surface area (Å²) in [4.78, 5) is 13.9. The largest absolute Gasteiger partial charge is 0.503 e. The number of aromatic nitrogens is 1. The molecular weight excluding hydrogens is 162 g/mol. The van der Waals surface area contributed by atoms with Crippen molar-refractivity contribution in [2.24, 2.45) is 0 Å². The van der Waals surface area contributed by atoms with E-state index in [-0.39, 0.29) is 17.3 Å². The third-order valence-electron chi connectivity index (χ3n) is 1.25. The Labute approximate surface area is 68.2 Å². The summed E-state index contributed by atoms with van der Waals surface area (Å²) in [6.45, 7) is 0. The maximum Gasteiger partial charge on any atom is 0.354 e. The molecule has 5 nitrogen and oxygen atoms in total. The van der Waals surface area contributed by atoms with Gasteiger partial charge in [-0.15, -0.1) is 0 Å². The van der Waals surface area contributed by atoms with Gasteiger partial charge < -0.3 is 14.9 Å². The quantitative estimate of drug-likeness (QED) is 0.673. The van der Waals surface area contributed by atoms with Gasteiger partial charge in [0.05, 0.1) is 7.11 Å². The van der Waals surface area contributed by atoms with Gasteiger partial charge >= 0.3 is 5.97 Å². The van der Waals surface area contributed by atoms with Crippen molar-refractivity contribution in [3.05, 3.63) is 17.8 Å². The second-order valence-electron chi connectivity index (χ2n) is 2.03. The van der Waals surface area contributed by atoms with Gasteiger partial charge in [-0.2, -0.15) is 0 Å². The summed E-state index contributed by atoms with van der Waals surface area (Å²) in [6.07, 6.45) is 0. The predicted octanol–water partition coefficient (Wildman–Crippen LogP) is 0.494. The van der Waals surface area contributed by atoms with Crippen molar-refractivity contribution in [3.63, 3.8) is 0 Å². The van der Waals surface area contributed by atoms with Crippen LogP contribution in [0.1, 0.15) is 10.5 Å². The van der Waals surface area contributed by atoms with Gasteiger partial charge in [0.1, 0.15) is 0 Å². The molecule has 12 heavy (non-hydrogen) atoms. The molecule has 0 aromatic carbocycles. The van der Waals surface area contributed by atoms with E-state index in [9.17, 15) is 4.79 Å². The molecule has 1 rings (SSSR count). The lowest BCUT2D eigenvalue weighted by Crippen LogP contribution is -2.01. The van der Waals surface area contributed by atoms with Crippen molar-refractivity contribution in [2.75, 3.05) is 7.11 Å². The first-order valence-corrected chi connectivity index (χ1v) is 3.12. The van der Waals surface area contributed by atoms with Gasteiger partial charge in [0.2, 0.25) is 0 Å². The highest BCUT2D eigenvalue weighted by atomic mass is 16.5. The first kappa shape index (κ1) is 8.32. The van der Waals surface area contributed by atoms with E-state index in [1.54, 1.807) is 0 Å². The van der Waals surface area contributed by atoms with Gasteiger partial charge in [-0.1, -0.05) is 0 Å². The summed E-state index contributed by atoms with van der Waals surface area (Å²) in [5, 5.41) is 17.5. The molecule has 1 aromatic rings. The Morgan fingerprint density at radius 3 is 2.75 bits per heavy atom. The number of carbonyl (C=O) groups is 1. The maximum absolute atomic E-state index is 10.4. The highest BCUT2D eigenvalue weighted by Gasteiger charge is 2.08. The van der Waals surface area contributed by atoms with E-state index in [0.717, 1.165) is 0 Å². The van der Waals surface area contributed by atoms with Gasteiger partial charge in [-0.25, -0.2) is 9.78 Å². The van der Waals surface area contributed by atoms with Crippen LogP contribution in [0.25, 0.3) is 0 Å². The lowest BCUT2D eigenvalue weighted by molar-refractivity contribution is 0.0689. The molecule has 5 heteroatoms. The van der Waals surface area contributed by atoms with Gasteiger partial charge in [0.25, 0.3) is 5.88 Å². The number of aromatic carboxylic acids is 1. The summed E-state index contributed by atoms with van der Waals surface area (Å²) in [5.74, 6) is -1.43. The zero-order chi connectivity index (χ0) is 9.14. The molecule has 1 aromatic heterocycles. The van der Waals surface area contributed by atoms with Gasteiger partial charge in [-0.3, -0.25) is 0 Å². The van der Waals surface area contributed by atoms with Crippen LogP contribution in [0.5, 0.6) is 11.6 Å². The molecule has 0 aliphatic carbocycles. The Kier molecular flexibility index (Phi) is 2.14. The zero-order valence-electron chi connectivity index (χ0n) is 6.31. The minimum Gasteiger partial charge on any atom is -0.503 e. The van der Waals surface area contributed by atoms with Crippen LogP contribution in [0, 0.1) is 0 Å². The van der Waals surface area contributed by atoms with E-state index < -0.39 is 5.97 Å². The van der Waals surface area contributed by atoms with Crippen LogP contribution >= 0.6 is 0 Å². The molecule has 0 bridgehead atoms. The fraction of sp³-hybridized carbons (Fsp3) is 0.143. The summed E-state index contributed by atoms with van der Waals surface area (Å²) in [6, 6.07) is 2.41. The fourth-order valence-electron chi connectivity index (χ4n) is 0.702. The Morgan fingerprint density at radius 1 is 1.58 bits per heavy atom. The minimum atomic E-state index is -1.16. The number of hydrogen-bond acceptors (Lipinski definition) is 4. The van der Waals surface area contributed by atoms with Gasteiger partial charge in [0.15, 0.2) is 11.4 Å². The number of pyridine rings is 1. The van der Waals surface area contributed by atoms with Crippen LogP contribution in [0.2, 0.25) is 0 Å². The molecule has 0 spiro atoms. The Balaban J connectivity index is 3.13. The van der Waals surface area contributed by atoms with Gasteiger partial charge in [0, 0.05) is 0 Å². The number of nitrogens with zero attached hydrogens (tertiary/aromatic N) is 1. The van der Waals surface area contributed by atoms with Crippen molar-refractivity contribution >= 4 is 5.97 Å². The second-order valence-corrected chi connectivity index (χ2v) is 2.03. The molecule has 0 aliphatic rings. The second kappa shape index (κ2) is 3.08. The highest BCUT2D eigenvalue weighted by molar-refractivity contribution is 5.85. The van der Waals surface area contributed by atoms with Crippen molar-refractivity contribution in [2.45, 2.75) is 0 Å². The molecule has 0 fully saturated rings. The topological polar surface area (TPSA) is 79.7 Å². The van der Waals surface area contributed by atoms with Gasteiger partial charge in [-0.05, 0) is 12.1 Å². The smallest absolute Gasteiger partial charge is 0.354 e. The molecule has 1 heterocycles. The number of rotatable bonds is 2. The molecule has 2 N–H and O–H groups in total. The van der Waals surface area contributed by atoms with Crippen LogP contribution in [0.4, 0.5) is 0 Å². The molecular formula is C7H7NO4. The Morgan fingerprint density at radius 2 is 2.25 bits per heavy atom. The average Bonchev–Trinajstić information content (AvgIpc) is 2.05. The number of methoxy groups -OCH3 is 1. The van der Waals surface area contributed by atoms with E-state index in [1.807, 2.05) is 0 Å². The molecule has 0 radical (unpaired) electrons. The minimum absolute atomic E-state index is 0.0881. The Bertz CT molecular complexity index is 310. The molecule has 0 unspecified atom stereocenters. The monoisotopic (exact) mass is 169 g/mol. The number of carboxylic acid groups (broad SMARTS) is 1. The van der Waals surface area contributed by atoms with Crippen molar-refractivity contribution in [1.82, 2.24) is 4.98 Å². The summed E-state index contributed by atoms with van der Waals surface area (Å²) >= 11 is 0. The number of carboxylic acids is 1. The normalized spacial score (nSPS) is 9.42. The van der Waals surface area contributed by atoms with E-state index in [1.165, 1.54) is 19.2 Å². The maximum atomic E-state index is 10.4.